The third-order valence-corrected chi connectivity index (χ3v) is 7.10. The van der Waals surface area contributed by atoms with Crippen LogP contribution < -0.4 is 10.6 Å². The molecule has 164 valence electrons. The van der Waals surface area contributed by atoms with Crippen LogP contribution in [-0.2, 0) is 11.3 Å². The average Bonchev–Trinajstić information content (AvgIpc) is 3.31. The van der Waals surface area contributed by atoms with Crippen molar-refractivity contribution in [1.29, 1.82) is 0 Å². The summed E-state index contributed by atoms with van der Waals surface area (Å²) in [6.45, 7) is 2.01. The molecule has 3 aliphatic rings. The number of carbonyl (C=O) groups is 3. The van der Waals surface area contributed by atoms with Gasteiger partial charge in [-0.25, -0.2) is 0 Å². The number of aromatic nitrogens is 2. The van der Waals surface area contributed by atoms with Gasteiger partial charge in [-0.1, -0.05) is 38.5 Å². The number of nitrogens with zero attached hydrogens (tertiary/aromatic N) is 3. The zero-order chi connectivity index (χ0) is 21.3. The molecule has 2 N–H and O–H groups in total. The van der Waals surface area contributed by atoms with Gasteiger partial charge in [0, 0.05) is 25.2 Å². The normalized spacial score (nSPS) is 25.7. The molecule has 2 saturated carbocycles. The summed E-state index contributed by atoms with van der Waals surface area (Å²) >= 11 is 0. The van der Waals surface area contributed by atoms with Crippen molar-refractivity contribution < 1.29 is 14.4 Å². The van der Waals surface area contributed by atoms with Gasteiger partial charge in [0.2, 0.25) is 5.91 Å². The minimum atomic E-state index is -1.04. The summed E-state index contributed by atoms with van der Waals surface area (Å²) in [5, 5.41) is 10.6. The molecule has 8 nitrogen and oxygen atoms in total. The lowest BCUT2D eigenvalue weighted by atomic mass is 9.95. The van der Waals surface area contributed by atoms with Crippen molar-refractivity contribution >= 4 is 17.7 Å². The maximum atomic E-state index is 13.2. The van der Waals surface area contributed by atoms with Crippen molar-refractivity contribution in [2.75, 3.05) is 7.05 Å². The first-order valence-corrected chi connectivity index (χ1v) is 11.4. The van der Waals surface area contributed by atoms with E-state index in [2.05, 4.69) is 15.7 Å². The number of fused-ring (bicyclic) bond motifs is 1. The van der Waals surface area contributed by atoms with Crippen molar-refractivity contribution in [3.63, 3.8) is 0 Å². The smallest absolute Gasteiger partial charge is 0.272 e. The van der Waals surface area contributed by atoms with Crippen LogP contribution in [0.5, 0.6) is 0 Å². The fourth-order valence-electron chi connectivity index (χ4n) is 4.93. The van der Waals surface area contributed by atoms with Gasteiger partial charge in [0.1, 0.15) is 11.2 Å². The SMILES string of the molecule is CN1C(=O)c2cc(C(=O)NC3CCCC3)nn2CC1(C)C(=O)NC1CCCCCC1. The van der Waals surface area contributed by atoms with Crippen molar-refractivity contribution in [3.05, 3.63) is 17.5 Å². The largest absolute Gasteiger partial charge is 0.351 e. The fraction of sp³-hybridized carbons (Fsp3) is 0.727. The summed E-state index contributed by atoms with van der Waals surface area (Å²) in [5.74, 6) is -0.681. The van der Waals surface area contributed by atoms with Gasteiger partial charge >= 0.3 is 0 Å². The number of likely N-dealkylation sites (N-methyl/N-ethyl adjacent to an activating group) is 1. The Hall–Kier alpha value is -2.38. The molecule has 0 bridgehead atoms. The first-order chi connectivity index (χ1) is 14.4. The summed E-state index contributed by atoms with van der Waals surface area (Å²) < 4.78 is 1.53. The third-order valence-electron chi connectivity index (χ3n) is 7.10. The van der Waals surface area contributed by atoms with Crippen LogP contribution in [-0.4, -0.2) is 57.1 Å². The van der Waals surface area contributed by atoms with Gasteiger partial charge in [0.05, 0.1) is 6.54 Å². The predicted molar refractivity (Wildman–Crippen MR) is 112 cm³/mol. The highest BCUT2D eigenvalue weighted by Gasteiger charge is 2.46. The molecule has 1 unspecified atom stereocenters. The maximum Gasteiger partial charge on any atom is 0.272 e. The van der Waals surface area contributed by atoms with E-state index in [-0.39, 0.29) is 42.0 Å². The van der Waals surface area contributed by atoms with E-state index in [0.29, 0.717) is 5.69 Å². The van der Waals surface area contributed by atoms with Crippen molar-refractivity contribution in [1.82, 2.24) is 25.3 Å². The standard InChI is InChI=1S/C22H33N5O3/c1-22(21(30)24-16-9-5-3-4-6-10-16)14-27-18(20(29)26(22)2)13-17(25-27)19(28)23-15-11-7-8-12-15/h13,15-16H,3-12,14H2,1-2H3,(H,23,28)(H,24,30). The lowest BCUT2D eigenvalue weighted by Gasteiger charge is -2.41. The second kappa shape index (κ2) is 8.40. The van der Waals surface area contributed by atoms with Gasteiger partial charge < -0.3 is 15.5 Å². The monoisotopic (exact) mass is 415 g/mol. The van der Waals surface area contributed by atoms with E-state index in [1.165, 1.54) is 22.4 Å². The Labute approximate surface area is 177 Å². The first kappa shape index (κ1) is 20.9. The number of hydrogen-bond donors (Lipinski definition) is 2. The number of rotatable bonds is 4. The summed E-state index contributed by atoms with van der Waals surface area (Å²) in [6.07, 6.45) is 10.9. The molecule has 0 aromatic carbocycles. The van der Waals surface area contributed by atoms with Gasteiger partial charge in [0.25, 0.3) is 11.8 Å². The minimum absolute atomic E-state index is 0.150. The summed E-state index contributed by atoms with van der Waals surface area (Å²) in [4.78, 5) is 40.3. The van der Waals surface area contributed by atoms with Crippen molar-refractivity contribution in [2.45, 2.75) is 95.3 Å². The Kier molecular flexibility index (Phi) is 5.84. The van der Waals surface area contributed by atoms with Gasteiger partial charge in [-0.2, -0.15) is 5.10 Å². The zero-order valence-electron chi connectivity index (χ0n) is 18.1. The first-order valence-electron chi connectivity index (χ1n) is 11.4. The molecule has 8 heteroatoms. The fourth-order valence-corrected chi connectivity index (χ4v) is 4.93. The van der Waals surface area contributed by atoms with Crippen LogP contribution in [0.25, 0.3) is 0 Å². The number of nitrogens with one attached hydrogen (secondary N) is 2. The molecular formula is C22H33N5O3. The van der Waals surface area contributed by atoms with E-state index in [4.69, 9.17) is 0 Å². The maximum absolute atomic E-state index is 13.2. The molecule has 1 aromatic heterocycles. The molecule has 3 amide bonds. The van der Waals surface area contributed by atoms with E-state index in [9.17, 15) is 14.4 Å². The Bertz CT molecular complexity index is 821. The molecule has 1 aliphatic heterocycles. The van der Waals surface area contributed by atoms with Crippen LogP contribution in [0.3, 0.4) is 0 Å². The molecular weight excluding hydrogens is 382 g/mol. The van der Waals surface area contributed by atoms with Gasteiger partial charge in [0.15, 0.2) is 5.69 Å². The number of hydrogen-bond acceptors (Lipinski definition) is 4. The highest BCUT2D eigenvalue weighted by Crippen LogP contribution is 2.27. The minimum Gasteiger partial charge on any atom is -0.351 e. The Morgan fingerprint density at radius 3 is 2.20 bits per heavy atom. The van der Waals surface area contributed by atoms with E-state index in [1.807, 2.05) is 0 Å². The predicted octanol–water partition coefficient (Wildman–Crippen LogP) is 2.24. The molecule has 0 radical (unpaired) electrons. The average molecular weight is 416 g/mol. The molecule has 2 heterocycles. The second-order valence-corrected chi connectivity index (χ2v) is 9.33. The molecule has 30 heavy (non-hydrogen) atoms. The lowest BCUT2D eigenvalue weighted by Crippen LogP contribution is -2.63. The van der Waals surface area contributed by atoms with Crippen LogP contribution >= 0.6 is 0 Å². The summed E-state index contributed by atoms with van der Waals surface area (Å²) in [5.41, 5.74) is -0.442. The highest BCUT2D eigenvalue weighted by atomic mass is 16.2. The molecule has 0 saturated heterocycles. The van der Waals surface area contributed by atoms with Crippen molar-refractivity contribution in [3.8, 4) is 0 Å². The summed E-state index contributed by atoms with van der Waals surface area (Å²) in [6, 6.07) is 1.89. The summed E-state index contributed by atoms with van der Waals surface area (Å²) in [7, 11) is 1.66. The number of amides is 3. The molecule has 1 atom stereocenters. The Morgan fingerprint density at radius 2 is 1.57 bits per heavy atom. The molecule has 2 aliphatic carbocycles. The van der Waals surface area contributed by atoms with E-state index in [1.54, 1.807) is 20.0 Å². The molecule has 4 rings (SSSR count). The Balaban J connectivity index is 1.50. The van der Waals surface area contributed by atoms with Crippen LogP contribution in [0.1, 0.15) is 92.1 Å². The van der Waals surface area contributed by atoms with Gasteiger partial charge in [-0.05, 0) is 32.6 Å². The van der Waals surface area contributed by atoms with Crippen LogP contribution in [0.4, 0.5) is 0 Å². The zero-order valence-corrected chi connectivity index (χ0v) is 18.1. The van der Waals surface area contributed by atoms with E-state index in [0.717, 1.165) is 51.4 Å². The second-order valence-electron chi connectivity index (χ2n) is 9.33. The molecule has 0 spiro atoms. The van der Waals surface area contributed by atoms with Crippen LogP contribution in [0.2, 0.25) is 0 Å². The number of carbonyl (C=O) groups excluding carboxylic acids is 3. The topological polar surface area (TPSA) is 96.3 Å². The molecule has 1 aromatic rings. The highest BCUT2D eigenvalue weighted by molar-refractivity contribution is 6.01. The van der Waals surface area contributed by atoms with Crippen LogP contribution in [0, 0.1) is 0 Å². The van der Waals surface area contributed by atoms with E-state index < -0.39 is 5.54 Å². The van der Waals surface area contributed by atoms with Gasteiger partial charge in [-0.15, -0.1) is 0 Å². The molecule has 2 fully saturated rings. The lowest BCUT2D eigenvalue weighted by molar-refractivity contribution is -0.133. The Morgan fingerprint density at radius 1 is 1.00 bits per heavy atom. The van der Waals surface area contributed by atoms with Gasteiger partial charge in [-0.3, -0.25) is 19.1 Å². The van der Waals surface area contributed by atoms with Crippen molar-refractivity contribution in [2.24, 2.45) is 0 Å². The van der Waals surface area contributed by atoms with Crippen LogP contribution in [0.15, 0.2) is 6.07 Å². The third kappa shape index (κ3) is 3.96. The quantitative estimate of drug-likeness (QED) is 0.737. The van der Waals surface area contributed by atoms with E-state index >= 15 is 0 Å².